The number of hydrogen-bond donors (Lipinski definition) is 0. The first-order valence-electron chi connectivity index (χ1n) is 6.95. The van der Waals surface area contributed by atoms with Gasteiger partial charge in [0.25, 0.3) is 10.2 Å². The summed E-state index contributed by atoms with van der Waals surface area (Å²) in [6.45, 7) is 3.08. The van der Waals surface area contributed by atoms with Gasteiger partial charge in [-0.3, -0.25) is 9.59 Å². The molecule has 0 amide bonds. The molecule has 0 saturated heterocycles. The third-order valence-electron chi connectivity index (χ3n) is 4.25. The van der Waals surface area contributed by atoms with Gasteiger partial charge < -0.3 is 0 Å². The predicted molar refractivity (Wildman–Crippen MR) is 84.4 cm³/mol. The van der Waals surface area contributed by atoms with E-state index in [-0.39, 0.29) is 32.0 Å². The Hall–Kier alpha value is -2.32. The summed E-state index contributed by atoms with van der Waals surface area (Å²) in [5, 5.41) is -2.22. The molecule has 8 heteroatoms. The maximum absolute atomic E-state index is 12.6. The number of sulfone groups is 2. The number of hydrogen-bond acceptors (Lipinski definition) is 6. The topological polar surface area (TPSA) is 102 Å². The molecule has 2 aromatic carbocycles. The third-order valence-corrected chi connectivity index (χ3v) is 7.47. The van der Waals surface area contributed by atoms with Gasteiger partial charge in [-0.15, -0.1) is 0 Å². The van der Waals surface area contributed by atoms with Crippen LogP contribution < -0.4 is 0 Å². The van der Waals surface area contributed by atoms with Crippen LogP contribution in [0.5, 0.6) is 0 Å². The van der Waals surface area contributed by atoms with E-state index in [0.29, 0.717) is 11.1 Å². The first kappa shape index (κ1) is 15.2. The Kier molecular flexibility index (Phi) is 2.66. The molecule has 24 heavy (non-hydrogen) atoms. The van der Waals surface area contributed by atoms with E-state index in [1.807, 2.05) is 0 Å². The number of carbonyl (C=O) groups is 2. The Morgan fingerprint density at radius 1 is 0.625 bits per heavy atom. The van der Waals surface area contributed by atoms with Crippen LogP contribution in [0.15, 0.2) is 34.1 Å². The van der Waals surface area contributed by atoms with Crippen molar-refractivity contribution in [3.63, 3.8) is 0 Å². The molecule has 0 spiro atoms. The van der Waals surface area contributed by atoms with Gasteiger partial charge in [-0.1, -0.05) is 0 Å². The molecular formula is C16H10O6S2. The van der Waals surface area contributed by atoms with E-state index in [9.17, 15) is 26.4 Å². The molecule has 0 unspecified atom stereocenters. The molecule has 2 aliphatic rings. The largest absolute Gasteiger partial charge is 0.282 e. The van der Waals surface area contributed by atoms with Gasteiger partial charge in [0.2, 0.25) is 19.7 Å². The molecule has 122 valence electrons. The van der Waals surface area contributed by atoms with Gasteiger partial charge in [-0.2, -0.15) is 0 Å². The lowest BCUT2D eigenvalue weighted by atomic mass is 9.91. The predicted octanol–water partition coefficient (Wildman–Crippen LogP) is 1.83. The zero-order valence-electron chi connectivity index (χ0n) is 12.6. The highest BCUT2D eigenvalue weighted by atomic mass is 32.2. The molecule has 4 rings (SSSR count). The Labute approximate surface area is 138 Å². The van der Waals surface area contributed by atoms with Crippen molar-refractivity contribution in [3.8, 4) is 11.1 Å². The average molecular weight is 362 g/mol. The lowest BCUT2D eigenvalue weighted by Gasteiger charge is -2.27. The number of benzene rings is 2. The fraction of sp³-hybridized carbons (Fsp3) is 0.125. The minimum Gasteiger partial charge on any atom is -0.276 e. The minimum absolute atomic E-state index is 0.0650. The summed E-state index contributed by atoms with van der Waals surface area (Å²) in [6, 6.07) is 5.28. The molecule has 0 aliphatic carbocycles. The van der Waals surface area contributed by atoms with Crippen LogP contribution in [0.4, 0.5) is 0 Å². The lowest BCUT2D eigenvalue weighted by molar-refractivity contribution is 0.107. The van der Waals surface area contributed by atoms with Gasteiger partial charge in [0, 0.05) is 22.3 Å². The average Bonchev–Trinajstić information content (AvgIpc) is 2.49. The van der Waals surface area contributed by atoms with E-state index >= 15 is 0 Å². The van der Waals surface area contributed by atoms with Crippen LogP contribution in [0.2, 0.25) is 0 Å². The Balaban J connectivity index is 2.39. The molecule has 6 nitrogen and oxygen atoms in total. The quantitative estimate of drug-likeness (QED) is 0.708. The summed E-state index contributed by atoms with van der Waals surface area (Å²) in [7, 11) is -8.72. The van der Waals surface area contributed by atoms with Crippen molar-refractivity contribution in [2.45, 2.75) is 23.6 Å². The van der Waals surface area contributed by atoms with Crippen molar-refractivity contribution in [1.82, 2.24) is 0 Å². The van der Waals surface area contributed by atoms with Crippen LogP contribution in [0.25, 0.3) is 11.1 Å². The lowest BCUT2D eigenvalue weighted by Crippen LogP contribution is -2.30. The summed E-state index contributed by atoms with van der Waals surface area (Å²) in [6.07, 6.45) is 0. The van der Waals surface area contributed by atoms with Crippen LogP contribution in [0.3, 0.4) is 0 Å². The van der Waals surface area contributed by atoms with Crippen molar-refractivity contribution in [1.29, 1.82) is 0 Å². The monoisotopic (exact) mass is 362 g/mol. The van der Waals surface area contributed by atoms with Crippen molar-refractivity contribution in [2.24, 2.45) is 0 Å². The number of aryl methyl sites for hydroxylation is 2. The summed E-state index contributed by atoms with van der Waals surface area (Å²) < 4.78 is 50.3. The SMILES string of the molecule is Cc1cc2c3c(c1)C(=O)S(=O)(=O)c1cc(C)cc(c1-3)S(=O)(=O)C2=O. The van der Waals surface area contributed by atoms with Gasteiger partial charge in [-0.05, 0) is 49.2 Å². The van der Waals surface area contributed by atoms with E-state index in [1.165, 1.54) is 31.2 Å². The van der Waals surface area contributed by atoms with Gasteiger partial charge in [0.05, 0.1) is 9.79 Å². The van der Waals surface area contributed by atoms with Crippen LogP contribution in [-0.2, 0) is 19.7 Å². The zero-order chi connectivity index (χ0) is 17.6. The highest BCUT2D eigenvalue weighted by Gasteiger charge is 2.47. The number of rotatable bonds is 0. The smallest absolute Gasteiger partial charge is 0.276 e. The standard InChI is InChI=1S/C16H10O6S2/c1-7-3-9-13-10(4-7)16(18)24(21,22)12-6-8(2)5-11(14(12)13)23(19,20)15(9)17/h3-6H,1-2H3. The molecule has 0 radical (unpaired) electrons. The Morgan fingerprint density at radius 3 is 1.42 bits per heavy atom. The van der Waals surface area contributed by atoms with E-state index < -0.39 is 29.9 Å². The fourth-order valence-electron chi connectivity index (χ4n) is 3.26. The molecule has 0 aromatic heterocycles. The summed E-state index contributed by atoms with van der Waals surface area (Å²) in [4.78, 5) is 24.2. The van der Waals surface area contributed by atoms with E-state index in [2.05, 4.69) is 0 Å². The second-order valence-corrected chi connectivity index (χ2v) is 9.59. The normalized spacial score (nSPS) is 19.1. The molecular weight excluding hydrogens is 352 g/mol. The zero-order valence-corrected chi connectivity index (χ0v) is 14.2. The molecule has 2 aliphatic heterocycles. The molecule has 0 bridgehead atoms. The van der Waals surface area contributed by atoms with Crippen LogP contribution >= 0.6 is 0 Å². The van der Waals surface area contributed by atoms with E-state index in [4.69, 9.17) is 0 Å². The van der Waals surface area contributed by atoms with Gasteiger partial charge in [-0.25, -0.2) is 16.8 Å². The fourth-order valence-corrected chi connectivity index (χ4v) is 6.27. The molecule has 2 heterocycles. The highest BCUT2D eigenvalue weighted by molar-refractivity contribution is 8.08. The minimum atomic E-state index is -4.36. The maximum atomic E-state index is 12.6. The van der Waals surface area contributed by atoms with Gasteiger partial charge in [0.15, 0.2) is 0 Å². The van der Waals surface area contributed by atoms with Gasteiger partial charge in [0.1, 0.15) is 0 Å². The Morgan fingerprint density at radius 2 is 1.00 bits per heavy atom. The first-order valence-corrected chi connectivity index (χ1v) is 9.92. The molecule has 2 aromatic rings. The second kappa shape index (κ2) is 4.20. The molecule has 0 saturated carbocycles. The van der Waals surface area contributed by atoms with Gasteiger partial charge >= 0.3 is 0 Å². The number of carbonyl (C=O) groups excluding carboxylic acids is 2. The van der Waals surface area contributed by atoms with Crippen molar-refractivity contribution in [3.05, 3.63) is 46.5 Å². The first-order chi connectivity index (χ1) is 11.1. The second-order valence-electron chi connectivity index (χ2n) is 5.95. The Bertz CT molecular complexity index is 1130. The van der Waals surface area contributed by atoms with Crippen molar-refractivity contribution < 1.29 is 26.4 Å². The van der Waals surface area contributed by atoms with Crippen molar-refractivity contribution in [2.75, 3.05) is 0 Å². The maximum Gasteiger partial charge on any atom is 0.282 e. The third kappa shape index (κ3) is 1.59. The molecule has 0 N–H and O–H groups in total. The molecule has 0 atom stereocenters. The van der Waals surface area contributed by atoms with Crippen molar-refractivity contribution >= 4 is 29.9 Å². The van der Waals surface area contributed by atoms with E-state index in [1.54, 1.807) is 6.92 Å². The van der Waals surface area contributed by atoms with Crippen LogP contribution in [-0.4, -0.2) is 27.1 Å². The highest BCUT2D eigenvalue weighted by Crippen LogP contribution is 2.48. The van der Waals surface area contributed by atoms with E-state index in [0.717, 1.165) is 0 Å². The molecule has 0 fully saturated rings. The summed E-state index contributed by atoms with van der Waals surface area (Å²) in [5.74, 6) is 0. The van der Waals surface area contributed by atoms with Crippen LogP contribution in [0.1, 0.15) is 31.8 Å². The summed E-state index contributed by atoms with van der Waals surface area (Å²) >= 11 is 0. The van der Waals surface area contributed by atoms with Crippen LogP contribution in [0, 0.1) is 13.8 Å². The summed E-state index contributed by atoms with van der Waals surface area (Å²) in [5.41, 5.74) is 0.525.